The Morgan fingerprint density at radius 3 is 2.94 bits per heavy atom. The monoisotopic (exact) mass is 253 g/mol. The van der Waals surface area contributed by atoms with Gasteiger partial charge in [-0.1, -0.05) is 17.7 Å². The first-order valence-corrected chi connectivity index (χ1v) is 5.74. The molecule has 0 aromatic carbocycles. The number of hydrogen-bond acceptors (Lipinski definition) is 4. The molecule has 2 rings (SSSR count). The van der Waals surface area contributed by atoms with Crippen LogP contribution in [0.4, 0.5) is 0 Å². The van der Waals surface area contributed by atoms with Crippen molar-refractivity contribution in [2.75, 3.05) is 0 Å². The summed E-state index contributed by atoms with van der Waals surface area (Å²) < 4.78 is 0.613. The van der Waals surface area contributed by atoms with E-state index in [2.05, 4.69) is 15.3 Å². The van der Waals surface area contributed by atoms with Crippen LogP contribution in [0.3, 0.4) is 0 Å². The third-order valence-corrected chi connectivity index (χ3v) is 2.94. The Morgan fingerprint density at radius 1 is 1.44 bits per heavy atom. The van der Waals surface area contributed by atoms with E-state index in [1.165, 1.54) is 11.3 Å². The minimum Gasteiger partial charge on any atom is -0.344 e. The van der Waals surface area contributed by atoms with Crippen LogP contribution < -0.4 is 5.32 Å². The number of halogens is 1. The van der Waals surface area contributed by atoms with Crippen molar-refractivity contribution in [1.82, 2.24) is 15.3 Å². The lowest BCUT2D eigenvalue weighted by molar-refractivity contribution is 0.0946. The van der Waals surface area contributed by atoms with Crippen molar-refractivity contribution in [2.45, 2.75) is 6.54 Å². The number of nitrogens with one attached hydrogen (secondary N) is 1. The molecular weight excluding hydrogens is 246 g/mol. The molecule has 0 atom stereocenters. The molecule has 0 saturated carbocycles. The fourth-order valence-electron chi connectivity index (χ4n) is 1.11. The minimum absolute atomic E-state index is 0.216. The van der Waals surface area contributed by atoms with Crippen molar-refractivity contribution in [3.05, 3.63) is 45.6 Å². The second kappa shape index (κ2) is 5.05. The topological polar surface area (TPSA) is 54.9 Å². The fourth-order valence-corrected chi connectivity index (χ4v) is 2.01. The van der Waals surface area contributed by atoms with E-state index in [1.54, 1.807) is 30.6 Å². The minimum atomic E-state index is -0.216. The molecular formula is C10H8ClN3OS. The van der Waals surface area contributed by atoms with Crippen LogP contribution in [-0.2, 0) is 6.54 Å². The van der Waals surface area contributed by atoms with Crippen molar-refractivity contribution in [3.8, 4) is 0 Å². The molecule has 0 fully saturated rings. The standard InChI is InChI=1S/C10H8ClN3OS/c11-8-5-13-9(16-8)6-14-10(15)7-3-1-2-4-12-7/h1-5H,6H2,(H,14,15). The van der Waals surface area contributed by atoms with Crippen molar-refractivity contribution in [1.29, 1.82) is 0 Å². The predicted molar refractivity (Wildman–Crippen MR) is 62.5 cm³/mol. The summed E-state index contributed by atoms with van der Waals surface area (Å²) in [6.07, 6.45) is 3.14. The normalized spacial score (nSPS) is 10.1. The van der Waals surface area contributed by atoms with Crippen molar-refractivity contribution >= 4 is 28.8 Å². The van der Waals surface area contributed by atoms with Crippen LogP contribution in [0.25, 0.3) is 0 Å². The van der Waals surface area contributed by atoms with Crippen molar-refractivity contribution < 1.29 is 4.79 Å². The van der Waals surface area contributed by atoms with E-state index in [4.69, 9.17) is 11.6 Å². The van der Waals surface area contributed by atoms with E-state index >= 15 is 0 Å². The van der Waals surface area contributed by atoms with E-state index in [0.29, 0.717) is 16.6 Å². The first kappa shape index (κ1) is 11.0. The highest BCUT2D eigenvalue weighted by Crippen LogP contribution is 2.17. The summed E-state index contributed by atoms with van der Waals surface area (Å²) >= 11 is 7.07. The molecule has 0 aliphatic carbocycles. The summed E-state index contributed by atoms with van der Waals surface area (Å²) in [7, 11) is 0. The molecule has 0 spiro atoms. The Kier molecular flexibility index (Phi) is 3.48. The number of carbonyl (C=O) groups is 1. The number of rotatable bonds is 3. The molecule has 0 bridgehead atoms. The Morgan fingerprint density at radius 2 is 2.31 bits per heavy atom. The van der Waals surface area contributed by atoms with E-state index in [-0.39, 0.29) is 5.91 Å². The first-order valence-electron chi connectivity index (χ1n) is 4.55. The number of nitrogens with zero attached hydrogens (tertiary/aromatic N) is 2. The summed E-state index contributed by atoms with van der Waals surface area (Å²) in [6, 6.07) is 5.18. The van der Waals surface area contributed by atoms with Gasteiger partial charge in [-0.25, -0.2) is 4.98 Å². The Balaban J connectivity index is 1.94. The average Bonchev–Trinajstić information content (AvgIpc) is 2.73. The van der Waals surface area contributed by atoms with Gasteiger partial charge in [-0.05, 0) is 12.1 Å². The van der Waals surface area contributed by atoms with Crippen molar-refractivity contribution in [3.63, 3.8) is 0 Å². The van der Waals surface area contributed by atoms with Gasteiger partial charge in [-0.3, -0.25) is 9.78 Å². The van der Waals surface area contributed by atoms with Gasteiger partial charge in [-0.2, -0.15) is 0 Å². The van der Waals surface area contributed by atoms with Gasteiger partial charge in [0.05, 0.1) is 12.7 Å². The molecule has 6 heteroatoms. The van der Waals surface area contributed by atoms with Crippen LogP contribution in [0.15, 0.2) is 30.6 Å². The number of hydrogen-bond donors (Lipinski definition) is 1. The van der Waals surface area contributed by atoms with Crippen LogP contribution in [0.5, 0.6) is 0 Å². The van der Waals surface area contributed by atoms with Crippen LogP contribution in [0.2, 0.25) is 4.34 Å². The Labute approximate surface area is 101 Å². The van der Waals surface area contributed by atoms with Gasteiger partial charge < -0.3 is 5.32 Å². The van der Waals surface area contributed by atoms with Gasteiger partial charge in [0.2, 0.25) is 0 Å². The fraction of sp³-hybridized carbons (Fsp3) is 0.100. The number of thiazole rings is 1. The van der Waals surface area contributed by atoms with Crippen LogP contribution in [0.1, 0.15) is 15.5 Å². The summed E-state index contributed by atoms with van der Waals surface area (Å²) in [5.74, 6) is -0.216. The zero-order valence-corrected chi connectivity index (χ0v) is 9.76. The van der Waals surface area contributed by atoms with Gasteiger partial charge in [0.15, 0.2) is 0 Å². The molecule has 0 radical (unpaired) electrons. The van der Waals surface area contributed by atoms with Crippen LogP contribution >= 0.6 is 22.9 Å². The highest BCUT2D eigenvalue weighted by atomic mass is 35.5. The molecule has 0 unspecified atom stereocenters. The van der Waals surface area contributed by atoms with E-state index in [0.717, 1.165) is 5.01 Å². The molecule has 16 heavy (non-hydrogen) atoms. The highest BCUT2D eigenvalue weighted by molar-refractivity contribution is 7.15. The molecule has 0 saturated heterocycles. The maximum atomic E-state index is 11.6. The molecule has 2 heterocycles. The maximum absolute atomic E-state index is 11.6. The quantitative estimate of drug-likeness (QED) is 0.912. The lowest BCUT2D eigenvalue weighted by Gasteiger charge is -2.01. The molecule has 4 nitrogen and oxygen atoms in total. The van der Waals surface area contributed by atoms with Crippen LogP contribution in [-0.4, -0.2) is 15.9 Å². The third-order valence-electron chi connectivity index (χ3n) is 1.82. The Hall–Kier alpha value is -1.46. The van der Waals surface area contributed by atoms with Gasteiger partial charge in [0.25, 0.3) is 5.91 Å². The molecule has 1 amide bonds. The maximum Gasteiger partial charge on any atom is 0.270 e. The van der Waals surface area contributed by atoms with Crippen molar-refractivity contribution in [2.24, 2.45) is 0 Å². The second-order valence-corrected chi connectivity index (χ2v) is 4.70. The van der Waals surface area contributed by atoms with Gasteiger partial charge in [0.1, 0.15) is 15.0 Å². The highest BCUT2D eigenvalue weighted by Gasteiger charge is 2.06. The van der Waals surface area contributed by atoms with E-state index < -0.39 is 0 Å². The summed E-state index contributed by atoms with van der Waals surface area (Å²) in [6.45, 7) is 0.368. The summed E-state index contributed by atoms with van der Waals surface area (Å²) in [4.78, 5) is 19.6. The average molecular weight is 254 g/mol. The van der Waals surface area contributed by atoms with E-state index in [9.17, 15) is 4.79 Å². The number of carbonyl (C=O) groups excluding carboxylic acids is 1. The first-order chi connectivity index (χ1) is 7.75. The molecule has 2 aromatic rings. The predicted octanol–water partition coefficient (Wildman–Crippen LogP) is 2.12. The number of amides is 1. The van der Waals surface area contributed by atoms with Gasteiger partial charge >= 0.3 is 0 Å². The number of pyridine rings is 1. The lowest BCUT2D eigenvalue weighted by atomic mass is 10.3. The summed E-state index contributed by atoms with van der Waals surface area (Å²) in [5.41, 5.74) is 0.394. The molecule has 0 aliphatic heterocycles. The summed E-state index contributed by atoms with van der Waals surface area (Å²) in [5, 5.41) is 3.49. The third kappa shape index (κ3) is 2.77. The van der Waals surface area contributed by atoms with Crippen LogP contribution in [0, 0.1) is 0 Å². The second-order valence-electron chi connectivity index (χ2n) is 2.96. The zero-order valence-electron chi connectivity index (χ0n) is 8.18. The van der Waals surface area contributed by atoms with E-state index in [1.807, 2.05) is 0 Å². The Bertz CT molecular complexity index is 486. The molecule has 82 valence electrons. The molecule has 2 aromatic heterocycles. The molecule has 1 N–H and O–H groups in total. The smallest absolute Gasteiger partial charge is 0.270 e. The zero-order chi connectivity index (χ0) is 11.4. The van der Waals surface area contributed by atoms with Gasteiger partial charge in [0, 0.05) is 6.20 Å². The number of aromatic nitrogens is 2. The lowest BCUT2D eigenvalue weighted by Crippen LogP contribution is -2.23. The van der Waals surface area contributed by atoms with Gasteiger partial charge in [-0.15, -0.1) is 11.3 Å². The largest absolute Gasteiger partial charge is 0.344 e. The molecule has 0 aliphatic rings. The SMILES string of the molecule is O=C(NCc1ncc(Cl)s1)c1ccccn1.